The lowest BCUT2D eigenvalue weighted by atomic mass is 10.2. The molecule has 1 aromatic heterocycles. The molecule has 6 nitrogen and oxygen atoms in total. The molecule has 4 N–H and O–H groups in total. The standard InChI is InChI=1S/C18H21F3N4O2/c1-17(2,3)27-16(26)24-9-11-4-6-13(7-5-11)25-15-14(22)8-12(10-23-15)18(19,20)21/h4-8,10H,9,22H2,1-3H3,(H,23,25)(H,24,26). The molecule has 0 aliphatic heterocycles. The Morgan fingerprint density at radius 3 is 2.33 bits per heavy atom. The number of carbonyl (C=O) groups is 1. The quantitative estimate of drug-likeness (QED) is 0.727. The second-order valence-corrected chi connectivity index (χ2v) is 6.84. The van der Waals surface area contributed by atoms with Gasteiger partial charge in [-0.05, 0) is 44.5 Å². The molecule has 0 unspecified atom stereocenters. The molecule has 0 radical (unpaired) electrons. The van der Waals surface area contributed by atoms with Gasteiger partial charge in [0.05, 0.1) is 11.3 Å². The van der Waals surface area contributed by atoms with Crippen molar-refractivity contribution in [2.45, 2.75) is 39.1 Å². The Morgan fingerprint density at radius 1 is 1.19 bits per heavy atom. The van der Waals surface area contributed by atoms with Gasteiger partial charge in [-0.1, -0.05) is 12.1 Å². The van der Waals surface area contributed by atoms with Gasteiger partial charge in [-0.15, -0.1) is 0 Å². The summed E-state index contributed by atoms with van der Waals surface area (Å²) in [7, 11) is 0. The number of benzene rings is 1. The summed E-state index contributed by atoms with van der Waals surface area (Å²) >= 11 is 0. The first-order chi connectivity index (χ1) is 12.4. The van der Waals surface area contributed by atoms with E-state index in [0.29, 0.717) is 5.69 Å². The Bertz CT molecular complexity index is 800. The topological polar surface area (TPSA) is 89.3 Å². The molecule has 27 heavy (non-hydrogen) atoms. The highest BCUT2D eigenvalue weighted by molar-refractivity contribution is 5.69. The number of aromatic nitrogens is 1. The van der Waals surface area contributed by atoms with E-state index in [0.717, 1.165) is 17.8 Å². The average molecular weight is 382 g/mol. The number of nitrogen functional groups attached to an aromatic ring is 1. The van der Waals surface area contributed by atoms with Crippen LogP contribution < -0.4 is 16.4 Å². The van der Waals surface area contributed by atoms with Crippen LogP contribution in [0.1, 0.15) is 31.9 Å². The molecular formula is C18H21F3N4O2. The molecule has 0 aliphatic carbocycles. The van der Waals surface area contributed by atoms with Gasteiger partial charge in [0.25, 0.3) is 0 Å². The Morgan fingerprint density at radius 2 is 1.81 bits per heavy atom. The van der Waals surface area contributed by atoms with Crippen LogP contribution in [0.2, 0.25) is 0 Å². The fourth-order valence-electron chi connectivity index (χ4n) is 2.07. The fourth-order valence-corrected chi connectivity index (χ4v) is 2.07. The number of hydrogen-bond donors (Lipinski definition) is 3. The summed E-state index contributed by atoms with van der Waals surface area (Å²) in [5.74, 6) is 0.127. The van der Waals surface area contributed by atoms with E-state index in [9.17, 15) is 18.0 Å². The van der Waals surface area contributed by atoms with Crippen molar-refractivity contribution in [2.24, 2.45) is 0 Å². The summed E-state index contributed by atoms with van der Waals surface area (Å²) < 4.78 is 43.1. The van der Waals surface area contributed by atoms with Gasteiger partial charge >= 0.3 is 12.3 Å². The number of pyridine rings is 1. The van der Waals surface area contributed by atoms with Crippen molar-refractivity contribution < 1.29 is 22.7 Å². The van der Waals surface area contributed by atoms with Crippen molar-refractivity contribution in [1.29, 1.82) is 0 Å². The number of anilines is 3. The highest BCUT2D eigenvalue weighted by Gasteiger charge is 2.31. The fraction of sp³-hybridized carbons (Fsp3) is 0.333. The van der Waals surface area contributed by atoms with Crippen LogP contribution in [0.5, 0.6) is 0 Å². The van der Waals surface area contributed by atoms with Crippen LogP contribution in [-0.2, 0) is 17.5 Å². The summed E-state index contributed by atoms with van der Waals surface area (Å²) in [5.41, 5.74) is 5.46. The Hall–Kier alpha value is -2.97. The van der Waals surface area contributed by atoms with E-state index in [1.165, 1.54) is 0 Å². The van der Waals surface area contributed by atoms with Crippen LogP contribution in [0.3, 0.4) is 0 Å². The summed E-state index contributed by atoms with van der Waals surface area (Å²) in [5, 5.41) is 5.49. The van der Waals surface area contributed by atoms with Crippen molar-refractivity contribution in [1.82, 2.24) is 10.3 Å². The van der Waals surface area contributed by atoms with Crippen LogP contribution in [0.15, 0.2) is 36.5 Å². The van der Waals surface area contributed by atoms with E-state index >= 15 is 0 Å². The minimum Gasteiger partial charge on any atom is -0.444 e. The minimum absolute atomic E-state index is 0.111. The summed E-state index contributed by atoms with van der Waals surface area (Å²) in [6.45, 7) is 5.59. The van der Waals surface area contributed by atoms with Crippen LogP contribution in [0.25, 0.3) is 0 Å². The maximum atomic E-state index is 12.6. The number of ether oxygens (including phenoxy) is 1. The molecule has 0 spiro atoms. The predicted octanol–water partition coefficient (Wildman–Crippen LogP) is 4.45. The maximum Gasteiger partial charge on any atom is 0.417 e. The van der Waals surface area contributed by atoms with Crippen LogP contribution in [0.4, 0.5) is 35.2 Å². The minimum atomic E-state index is -4.50. The summed E-state index contributed by atoms with van der Waals surface area (Å²) in [6, 6.07) is 7.73. The summed E-state index contributed by atoms with van der Waals surface area (Å²) in [4.78, 5) is 15.4. The number of rotatable bonds is 4. The van der Waals surface area contributed by atoms with Crippen molar-refractivity contribution >= 4 is 23.3 Å². The predicted molar refractivity (Wildman–Crippen MR) is 96.4 cm³/mol. The third kappa shape index (κ3) is 6.36. The highest BCUT2D eigenvalue weighted by Crippen LogP contribution is 2.32. The van der Waals surface area contributed by atoms with Crippen molar-refractivity contribution in [3.8, 4) is 0 Å². The molecule has 0 fully saturated rings. The van der Waals surface area contributed by atoms with Crippen molar-refractivity contribution in [3.05, 3.63) is 47.7 Å². The monoisotopic (exact) mass is 382 g/mol. The van der Waals surface area contributed by atoms with E-state index < -0.39 is 23.4 Å². The van der Waals surface area contributed by atoms with Gasteiger partial charge in [-0.2, -0.15) is 13.2 Å². The lowest BCUT2D eigenvalue weighted by Gasteiger charge is -2.19. The summed E-state index contributed by atoms with van der Waals surface area (Å²) in [6.07, 6.45) is -4.30. The van der Waals surface area contributed by atoms with Crippen molar-refractivity contribution in [2.75, 3.05) is 11.1 Å². The van der Waals surface area contributed by atoms with Crippen LogP contribution >= 0.6 is 0 Å². The molecule has 1 heterocycles. The van der Waals surface area contributed by atoms with E-state index in [1.54, 1.807) is 45.0 Å². The van der Waals surface area contributed by atoms with Gasteiger partial charge in [-0.25, -0.2) is 9.78 Å². The molecule has 1 amide bonds. The van der Waals surface area contributed by atoms with E-state index in [1.807, 2.05) is 0 Å². The number of halogens is 3. The SMILES string of the molecule is CC(C)(C)OC(=O)NCc1ccc(Nc2ncc(C(F)(F)F)cc2N)cc1. The van der Waals surface area contributed by atoms with E-state index in [4.69, 9.17) is 10.5 Å². The molecule has 0 saturated heterocycles. The largest absolute Gasteiger partial charge is 0.444 e. The average Bonchev–Trinajstić information content (AvgIpc) is 2.53. The Kier molecular flexibility index (Phi) is 5.82. The van der Waals surface area contributed by atoms with Crippen LogP contribution in [-0.4, -0.2) is 16.7 Å². The lowest BCUT2D eigenvalue weighted by Crippen LogP contribution is -2.32. The first-order valence-electron chi connectivity index (χ1n) is 8.09. The number of alkyl halides is 3. The van der Waals surface area contributed by atoms with Gasteiger partial charge < -0.3 is 21.1 Å². The molecule has 2 aromatic rings. The Balaban J connectivity index is 1.97. The second-order valence-electron chi connectivity index (χ2n) is 6.84. The van der Waals surface area contributed by atoms with Gasteiger partial charge in [0.15, 0.2) is 5.82 Å². The highest BCUT2D eigenvalue weighted by atomic mass is 19.4. The smallest absolute Gasteiger partial charge is 0.417 e. The van der Waals surface area contributed by atoms with E-state index in [-0.39, 0.29) is 18.1 Å². The number of alkyl carbamates (subject to hydrolysis) is 1. The molecule has 9 heteroatoms. The zero-order valence-electron chi connectivity index (χ0n) is 15.1. The molecule has 0 bridgehead atoms. The molecule has 2 rings (SSSR count). The number of nitrogens with zero attached hydrogens (tertiary/aromatic N) is 1. The molecule has 146 valence electrons. The molecular weight excluding hydrogens is 361 g/mol. The van der Waals surface area contributed by atoms with Gasteiger partial charge in [-0.3, -0.25) is 0 Å². The number of nitrogens with one attached hydrogen (secondary N) is 2. The van der Waals surface area contributed by atoms with Gasteiger partial charge in [0, 0.05) is 18.4 Å². The number of nitrogens with two attached hydrogens (primary N) is 1. The third-order valence-electron chi connectivity index (χ3n) is 3.30. The zero-order chi connectivity index (χ0) is 20.2. The number of amides is 1. The lowest BCUT2D eigenvalue weighted by molar-refractivity contribution is -0.137. The molecule has 0 atom stereocenters. The molecule has 1 aromatic carbocycles. The first-order valence-corrected chi connectivity index (χ1v) is 8.09. The normalized spacial score (nSPS) is 11.8. The second kappa shape index (κ2) is 7.73. The number of hydrogen-bond acceptors (Lipinski definition) is 5. The van der Waals surface area contributed by atoms with Crippen LogP contribution in [0, 0.1) is 0 Å². The maximum absolute atomic E-state index is 12.6. The number of carbonyl (C=O) groups excluding carboxylic acids is 1. The molecule has 0 aliphatic rings. The van der Waals surface area contributed by atoms with E-state index in [2.05, 4.69) is 15.6 Å². The van der Waals surface area contributed by atoms with Gasteiger partial charge in [0.2, 0.25) is 0 Å². The van der Waals surface area contributed by atoms with Crippen molar-refractivity contribution in [3.63, 3.8) is 0 Å². The van der Waals surface area contributed by atoms with Gasteiger partial charge in [0.1, 0.15) is 5.60 Å². The Labute approximate surface area is 154 Å². The molecule has 0 saturated carbocycles. The first kappa shape index (κ1) is 20.3. The third-order valence-corrected chi connectivity index (χ3v) is 3.30. The zero-order valence-corrected chi connectivity index (χ0v) is 15.1.